The largest absolute Gasteiger partial charge is 0.313 e. The number of aryl methyl sites for hydroxylation is 2. The van der Waals surface area contributed by atoms with Gasteiger partial charge in [0.25, 0.3) is 0 Å². The molecule has 0 unspecified atom stereocenters. The van der Waals surface area contributed by atoms with Crippen LogP contribution in [-0.4, -0.2) is 19.0 Å². The smallest absolute Gasteiger partial charge is 0.202 e. The zero-order valence-electron chi connectivity index (χ0n) is 14.6. The van der Waals surface area contributed by atoms with Gasteiger partial charge in [0.2, 0.25) is 5.96 Å². The van der Waals surface area contributed by atoms with Crippen molar-refractivity contribution in [1.82, 2.24) is 0 Å². The summed E-state index contributed by atoms with van der Waals surface area (Å²) in [7, 11) is 0. The first-order valence-electron chi connectivity index (χ1n) is 8.39. The Balaban J connectivity index is 2.33. The molecule has 2 aromatic carbocycles. The highest BCUT2D eigenvalue weighted by Gasteiger charge is 2.18. The predicted octanol–water partition coefficient (Wildman–Crippen LogP) is 4.84. The molecule has 0 amide bonds. The van der Waals surface area contributed by atoms with Crippen LogP contribution in [0.3, 0.4) is 0 Å². The number of hydrogen-bond donors (Lipinski definition) is 1. The number of anilines is 2. The Morgan fingerprint density at radius 2 is 1.43 bits per heavy atom. The van der Waals surface area contributed by atoms with Gasteiger partial charge in [0.15, 0.2) is 0 Å². The fourth-order valence-corrected chi connectivity index (χ4v) is 2.80. The lowest BCUT2D eigenvalue weighted by Gasteiger charge is -2.32. The van der Waals surface area contributed by atoms with Crippen molar-refractivity contribution >= 4 is 17.3 Å². The van der Waals surface area contributed by atoms with Gasteiger partial charge in [-0.25, -0.2) is 0 Å². The molecule has 0 aliphatic carbocycles. The van der Waals surface area contributed by atoms with E-state index in [-0.39, 0.29) is 0 Å². The van der Waals surface area contributed by atoms with E-state index in [1.807, 2.05) is 0 Å². The van der Waals surface area contributed by atoms with Crippen LogP contribution in [0.15, 0.2) is 48.5 Å². The topological polar surface area (TPSA) is 30.3 Å². The third-order valence-corrected chi connectivity index (χ3v) is 4.09. The second-order valence-corrected chi connectivity index (χ2v) is 5.67. The molecular formula is C20H27N3. The number of hydrogen-bond acceptors (Lipinski definition) is 1. The van der Waals surface area contributed by atoms with Crippen LogP contribution in [0.1, 0.15) is 31.9 Å². The Kier molecular flexibility index (Phi) is 5.80. The monoisotopic (exact) mass is 309 g/mol. The first-order valence-corrected chi connectivity index (χ1v) is 8.39. The van der Waals surface area contributed by atoms with E-state index in [0.717, 1.165) is 30.9 Å². The molecule has 2 aromatic rings. The summed E-state index contributed by atoms with van der Waals surface area (Å²) in [6, 6.07) is 16.8. The molecule has 23 heavy (non-hydrogen) atoms. The van der Waals surface area contributed by atoms with Gasteiger partial charge in [-0.2, -0.15) is 0 Å². The van der Waals surface area contributed by atoms with Crippen LogP contribution in [0.4, 0.5) is 11.4 Å². The minimum atomic E-state index is 0.522. The van der Waals surface area contributed by atoms with E-state index in [1.54, 1.807) is 0 Å². The van der Waals surface area contributed by atoms with Gasteiger partial charge >= 0.3 is 0 Å². The minimum absolute atomic E-state index is 0.522. The standard InChI is InChI=1S/C20H27N3/c1-5-17-11-9-13-19(15-17)23(7-3)20(21)22(6-2)18-12-8-10-16(4)14-18/h8-15,21H,5-7H2,1-4H3. The molecule has 122 valence electrons. The molecule has 0 heterocycles. The fourth-order valence-electron chi connectivity index (χ4n) is 2.80. The fraction of sp³-hybridized carbons (Fsp3) is 0.350. The van der Waals surface area contributed by atoms with Crippen molar-refractivity contribution in [3.05, 3.63) is 59.7 Å². The molecule has 3 nitrogen and oxygen atoms in total. The second kappa shape index (κ2) is 7.82. The molecule has 0 radical (unpaired) electrons. The summed E-state index contributed by atoms with van der Waals surface area (Å²) < 4.78 is 0. The minimum Gasteiger partial charge on any atom is -0.313 e. The summed E-state index contributed by atoms with van der Waals surface area (Å²) in [4.78, 5) is 4.11. The van der Waals surface area contributed by atoms with Crippen molar-refractivity contribution in [2.24, 2.45) is 0 Å². The van der Waals surface area contributed by atoms with Crippen molar-refractivity contribution in [1.29, 1.82) is 5.41 Å². The normalized spacial score (nSPS) is 10.4. The molecular weight excluding hydrogens is 282 g/mol. The van der Waals surface area contributed by atoms with Crippen molar-refractivity contribution < 1.29 is 0 Å². The van der Waals surface area contributed by atoms with E-state index in [1.165, 1.54) is 11.1 Å². The number of benzene rings is 2. The van der Waals surface area contributed by atoms with Gasteiger partial charge in [-0.3, -0.25) is 5.41 Å². The third-order valence-electron chi connectivity index (χ3n) is 4.09. The summed E-state index contributed by atoms with van der Waals surface area (Å²) >= 11 is 0. The Labute approximate surface area is 140 Å². The van der Waals surface area contributed by atoms with E-state index in [4.69, 9.17) is 5.41 Å². The molecule has 0 bridgehead atoms. The zero-order chi connectivity index (χ0) is 16.8. The maximum atomic E-state index is 8.73. The number of nitrogens with one attached hydrogen (secondary N) is 1. The van der Waals surface area contributed by atoms with Gasteiger partial charge in [-0.15, -0.1) is 0 Å². The van der Waals surface area contributed by atoms with Crippen LogP contribution < -0.4 is 9.80 Å². The molecule has 1 N–H and O–H groups in total. The third kappa shape index (κ3) is 3.92. The summed E-state index contributed by atoms with van der Waals surface area (Å²) in [5, 5.41) is 8.73. The molecule has 0 aliphatic rings. The first-order chi connectivity index (χ1) is 11.1. The second-order valence-electron chi connectivity index (χ2n) is 5.67. The van der Waals surface area contributed by atoms with Crippen molar-refractivity contribution in [2.45, 2.75) is 34.1 Å². The van der Waals surface area contributed by atoms with Crippen LogP contribution in [0.2, 0.25) is 0 Å². The zero-order valence-corrected chi connectivity index (χ0v) is 14.6. The average molecular weight is 309 g/mol. The van der Waals surface area contributed by atoms with Gasteiger partial charge in [0, 0.05) is 24.5 Å². The molecule has 2 rings (SSSR count). The van der Waals surface area contributed by atoms with Gasteiger partial charge < -0.3 is 9.80 Å². The molecule has 0 fully saturated rings. The SMILES string of the molecule is CCc1cccc(N(CC)C(=N)N(CC)c2cccc(C)c2)c1. The van der Waals surface area contributed by atoms with Crippen molar-refractivity contribution in [3.8, 4) is 0 Å². The Bertz CT molecular complexity index is 663. The highest BCUT2D eigenvalue weighted by atomic mass is 15.4. The average Bonchev–Trinajstić information content (AvgIpc) is 2.56. The van der Waals surface area contributed by atoms with Gasteiger partial charge in [-0.1, -0.05) is 31.2 Å². The van der Waals surface area contributed by atoms with E-state index >= 15 is 0 Å². The molecule has 0 saturated heterocycles. The Morgan fingerprint density at radius 3 is 1.96 bits per heavy atom. The van der Waals surface area contributed by atoms with Crippen molar-refractivity contribution in [3.63, 3.8) is 0 Å². The van der Waals surface area contributed by atoms with Gasteiger partial charge in [0.1, 0.15) is 0 Å². The van der Waals surface area contributed by atoms with Crippen LogP contribution in [0.5, 0.6) is 0 Å². The van der Waals surface area contributed by atoms with E-state index < -0.39 is 0 Å². The Morgan fingerprint density at radius 1 is 0.870 bits per heavy atom. The number of guanidine groups is 1. The molecule has 0 aliphatic heterocycles. The van der Waals surface area contributed by atoms with Gasteiger partial charge in [0.05, 0.1) is 0 Å². The number of rotatable bonds is 5. The summed E-state index contributed by atoms with van der Waals surface area (Å²) in [6.07, 6.45) is 1.01. The van der Waals surface area contributed by atoms with Gasteiger partial charge in [-0.05, 0) is 62.6 Å². The lowest BCUT2D eigenvalue weighted by molar-refractivity contribution is 0.955. The highest BCUT2D eigenvalue weighted by Crippen LogP contribution is 2.22. The quantitative estimate of drug-likeness (QED) is 0.632. The highest BCUT2D eigenvalue weighted by molar-refractivity contribution is 6.05. The number of nitrogens with zero attached hydrogens (tertiary/aromatic N) is 2. The molecule has 0 aromatic heterocycles. The first kappa shape index (κ1) is 17.1. The van der Waals surface area contributed by atoms with Crippen LogP contribution >= 0.6 is 0 Å². The lowest BCUT2D eigenvalue weighted by Crippen LogP contribution is -2.44. The maximum absolute atomic E-state index is 8.73. The summed E-state index contributed by atoms with van der Waals surface area (Å²) in [5.74, 6) is 0.522. The van der Waals surface area contributed by atoms with E-state index in [0.29, 0.717) is 5.96 Å². The molecule has 0 saturated carbocycles. The molecule has 3 heteroatoms. The maximum Gasteiger partial charge on any atom is 0.202 e. The van der Waals surface area contributed by atoms with Crippen LogP contribution in [0, 0.1) is 12.3 Å². The summed E-state index contributed by atoms with van der Waals surface area (Å²) in [5.41, 5.74) is 4.67. The molecule has 0 atom stereocenters. The van der Waals surface area contributed by atoms with Crippen molar-refractivity contribution in [2.75, 3.05) is 22.9 Å². The van der Waals surface area contributed by atoms with Crippen LogP contribution in [-0.2, 0) is 6.42 Å². The summed E-state index contributed by atoms with van der Waals surface area (Å²) in [6.45, 7) is 9.97. The Hall–Kier alpha value is -2.29. The molecule has 0 spiro atoms. The van der Waals surface area contributed by atoms with Crippen LogP contribution in [0.25, 0.3) is 0 Å². The van der Waals surface area contributed by atoms with E-state index in [9.17, 15) is 0 Å². The predicted molar refractivity (Wildman–Crippen MR) is 101 cm³/mol. The van der Waals surface area contributed by atoms with E-state index in [2.05, 4.69) is 86.0 Å². The lowest BCUT2D eigenvalue weighted by atomic mass is 10.1.